The van der Waals surface area contributed by atoms with Crippen molar-refractivity contribution >= 4 is 17.4 Å². The number of carbonyl (C=O) groups is 1. The van der Waals surface area contributed by atoms with Gasteiger partial charge >= 0.3 is 0 Å². The standard InChI is InChI=1S/C24H24F2N4O2/c1-14-11-16-5-3-4-6-20(16)29(14)24(31)18-13-27-30-21(22(25)26)12-19(28-23(18)30)15-7-9-17(32-2)10-8-15/h3-10,13-14,19,21-22,28H,11-12H2,1-2H3/t14-,19+,21+/m0/s1. The van der Waals surface area contributed by atoms with Gasteiger partial charge in [0.2, 0.25) is 0 Å². The van der Waals surface area contributed by atoms with Gasteiger partial charge in [-0.3, -0.25) is 4.79 Å². The Labute approximate surface area is 184 Å². The highest BCUT2D eigenvalue weighted by molar-refractivity contribution is 6.10. The quantitative estimate of drug-likeness (QED) is 0.633. The van der Waals surface area contributed by atoms with E-state index in [1.54, 1.807) is 24.1 Å². The zero-order chi connectivity index (χ0) is 22.4. The maximum atomic E-state index is 14.0. The maximum Gasteiger partial charge on any atom is 0.263 e. The molecule has 0 unspecified atom stereocenters. The van der Waals surface area contributed by atoms with Crippen molar-refractivity contribution in [3.63, 3.8) is 0 Å². The first-order valence-electron chi connectivity index (χ1n) is 10.7. The van der Waals surface area contributed by atoms with Crippen LogP contribution in [0.25, 0.3) is 0 Å². The zero-order valence-corrected chi connectivity index (χ0v) is 17.8. The van der Waals surface area contributed by atoms with E-state index < -0.39 is 12.5 Å². The fourth-order valence-electron chi connectivity index (χ4n) is 4.75. The van der Waals surface area contributed by atoms with Crippen molar-refractivity contribution in [3.8, 4) is 5.75 Å². The predicted molar refractivity (Wildman–Crippen MR) is 118 cm³/mol. The summed E-state index contributed by atoms with van der Waals surface area (Å²) < 4.78 is 34.4. The molecule has 2 aliphatic heterocycles. The van der Waals surface area contributed by atoms with E-state index in [9.17, 15) is 13.6 Å². The number of anilines is 2. The summed E-state index contributed by atoms with van der Waals surface area (Å²) in [7, 11) is 1.58. The molecular weight excluding hydrogens is 414 g/mol. The molecule has 3 heterocycles. The molecule has 3 aromatic rings. The van der Waals surface area contributed by atoms with E-state index in [2.05, 4.69) is 10.4 Å². The number of hydrogen-bond donors (Lipinski definition) is 1. The summed E-state index contributed by atoms with van der Waals surface area (Å²) in [5.41, 5.74) is 3.11. The number of rotatable bonds is 4. The molecule has 32 heavy (non-hydrogen) atoms. The molecule has 2 aromatic carbocycles. The number of ether oxygens (including phenoxy) is 1. The first kappa shape index (κ1) is 20.5. The Bertz CT molecular complexity index is 1150. The minimum absolute atomic E-state index is 0.0256. The molecule has 0 saturated heterocycles. The third kappa shape index (κ3) is 3.30. The summed E-state index contributed by atoms with van der Waals surface area (Å²) in [4.78, 5) is 15.3. The van der Waals surface area contributed by atoms with E-state index in [4.69, 9.17) is 4.74 Å². The average Bonchev–Trinajstić information content (AvgIpc) is 3.38. The van der Waals surface area contributed by atoms with Gasteiger partial charge in [-0.1, -0.05) is 30.3 Å². The summed E-state index contributed by atoms with van der Waals surface area (Å²) >= 11 is 0. The number of hydrogen-bond acceptors (Lipinski definition) is 4. The number of halogens is 2. The van der Waals surface area contributed by atoms with Crippen LogP contribution >= 0.6 is 0 Å². The minimum Gasteiger partial charge on any atom is -0.497 e. The van der Waals surface area contributed by atoms with Crippen LogP contribution < -0.4 is 15.0 Å². The van der Waals surface area contributed by atoms with Crippen LogP contribution in [0.5, 0.6) is 5.75 Å². The summed E-state index contributed by atoms with van der Waals surface area (Å²) in [5.74, 6) is 0.793. The van der Waals surface area contributed by atoms with Crippen LogP contribution in [-0.2, 0) is 6.42 Å². The van der Waals surface area contributed by atoms with E-state index >= 15 is 0 Å². The van der Waals surface area contributed by atoms with Crippen LogP contribution in [0.3, 0.4) is 0 Å². The van der Waals surface area contributed by atoms with Crippen molar-refractivity contribution in [1.29, 1.82) is 0 Å². The Hall–Kier alpha value is -3.42. The van der Waals surface area contributed by atoms with Gasteiger partial charge in [-0.2, -0.15) is 5.10 Å². The van der Waals surface area contributed by atoms with Gasteiger partial charge in [-0.25, -0.2) is 13.5 Å². The number of aromatic nitrogens is 2. The van der Waals surface area contributed by atoms with Crippen molar-refractivity contribution < 1.29 is 18.3 Å². The summed E-state index contributed by atoms with van der Waals surface area (Å²) in [6.45, 7) is 1.99. The molecule has 0 bridgehead atoms. The lowest BCUT2D eigenvalue weighted by Crippen LogP contribution is -2.37. The predicted octanol–water partition coefficient (Wildman–Crippen LogP) is 4.85. The van der Waals surface area contributed by atoms with Crippen LogP contribution in [-0.4, -0.2) is 35.3 Å². The molecule has 2 aliphatic rings. The summed E-state index contributed by atoms with van der Waals surface area (Å²) in [6.07, 6.45) is -0.280. The number of alkyl halides is 2. The molecule has 6 nitrogen and oxygen atoms in total. The molecule has 3 atom stereocenters. The van der Waals surface area contributed by atoms with Crippen molar-refractivity contribution in [2.24, 2.45) is 0 Å². The van der Waals surface area contributed by atoms with E-state index in [0.29, 0.717) is 17.1 Å². The molecule has 0 aliphatic carbocycles. The number of carbonyl (C=O) groups excluding carboxylic acids is 1. The van der Waals surface area contributed by atoms with E-state index in [0.717, 1.165) is 23.2 Å². The fraction of sp³-hybridized carbons (Fsp3) is 0.333. The summed E-state index contributed by atoms with van der Waals surface area (Å²) in [5, 5.41) is 7.50. The van der Waals surface area contributed by atoms with Gasteiger partial charge in [0.15, 0.2) is 0 Å². The molecule has 0 radical (unpaired) electrons. The molecule has 0 fully saturated rings. The number of nitrogens with one attached hydrogen (secondary N) is 1. The van der Waals surface area contributed by atoms with E-state index in [1.165, 1.54) is 10.9 Å². The smallest absolute Gasteiger partial charge is 0.263 e. The Morgan fingerprint density at radius 3 is 2.66 bits per heavy atom. The number of fused-ring (bicyclic) bond motifs is 2. The van der Waals surface area contributed by atoms with E-state index in [-0.39, 0.29) is 24.4 Å². The van der Waals surface area contributed by atoms with Crippen molar-refractivity contribution in [2.75, 3.05) is 17.3 Å². The average molecular weight is 438 g/mol. The van der Waals surface area contributed by atoms with Crippen LogP contribution in [0.1, 0.15) is 46.9 Å². The van der Waals surface area contributed by atoms with Crippen molar-refractivity contribution in [1.82, 2.24) is 9.78 Å². The Kier molecular flexibility index (Phi) is 5.07. The second-order valence-corrected chi connectivity index (χ2v) is 8.32. The number of amides is 1. The van der Waals surface area contributed by atoms with Crippen molar-refractivity contribution in [2.45, 2.75) is 44.3 Å². The first-order chi connectivity index (χ1) is 15.5. The van der Waals surface area contributed by atoms with Gasteiger partial charge in [0.1, 0.15) is 23.2 Å². The highest BCUT2D eigenvalue weighted by atomic mass is 19.3. The van der Waals surface area contributed by atoms with Crippen molar-refractivity contribution in [3.05, 3.63) is 71.4 Å². The zero-order valence-electron chi connectivity index (χ0n) is 17.8. The maximum absolute atomic E-state index is 14.0. The molecule has 1 N–H and O–H groups in total. The van der Waals surface area contributed by atoms with Gasteiger partial charge in [0, 0.05) is 11.7 Å². The highest BCUT2D eigenvalue weighted by Gasteiger charge is 2.39. The van der Waals surface area contributed by atoms with Crippen LogP contribution in [0.2, 0.25) is 0 Å². The molecule has 1 amide bonds. The van der Waals surface area contributed by atoms with Gasteiger partial charge in [-0.05, 0) is 49.1 Å². The van der Waals surface area contributed by atoms with Gasteiger partial charge in [0.05, 0.1) is 19.3 Å². The third-order valence-corrected chi connectivity index (χ3v) is 6.36. The molecule has 166 valence electrons. The molecule has 0 saturated carbocycles. The second kappa shape index (κ2) is 7.93. The largest absolute Gasteiger partial charge is 0.497 e. The number of para-hydroxylation sites is 1. The number of nitrogens with zero attached hydrogens (tertiary/aromatic N) is 3. The Morgan fingerprint density at radius 1 is 1.19 bits per heavy atom. The molecular formula is C24H24F2N4O2. The van der Waals surface area contributed by atoms with E-state index in [1.807, 2.05) is 43.3 Å². The minimum atomic E-state index is -2.61. The molecule has 0 spiro atoms. The molecule has 1 aromatic heterocycles. The normalized spacial score (nSPS) is 21.8. The lowest BCUT2D eigenvalue weighted by atomic mass is 9.97. The second-order valence-electron chi connectivity index (χ2n) is 8.32. The van der Waals surface area contributed by atoms with Crippen LogP contribution in [0.15, 0.2) is 54.7 Å². The van der Waals surface area contributed by atoms with Gasteiger partial charge in [-0.15, -0.1) is 0 Å². The lowest BCUT2D eigenvalue weighted by molar-refractivity contribution is 0.0657. The monoisotopic (exact) mass is 438 g/mol. The van der Waals surface area contributed by atoms with Gasteiger partial charge < -0.3 is 15.0 Å². The molecule has 5 rings (SSSR count). The Morgan fingerprint density at radius 2 is 1.94 bits per heavy atom. The van der Waals surface area contributed by atoms with Crippen LogP contribution in [0, 0.1) is 0 Å². The van der Waals surface area contributed by atoms with Crippen LogP contribution in [0.4, 0.5) is 20.3 Å². The summed E-state index contributed by atoms with van der Waals surface area (Å²) in [6, 6.07) is 13.6. The number of methoxy groups -OCH3 is 1. The highest BCUT2D eigenvalue weighted by Crippen LogP contribution is 2.41. The lowest BCUT2D eigenvalue weighted by Gasteiger charge is -2.33. The fourth-order valence-corrected chi connectivity index (χ4v) is 4.75. The van der Waals surface area contributed by atoms with Gasteiger partial charge in [0.25, 0.3) is 12.3 Å². The SMILES string of the molecule is COc1ccc([C@H]2C[C@H](C(F)F)n3ncc(C(=O)N4c5ccccc5C[C@@H]4C)c3N2)cc1. The topological polar surface area (TPSA) is 59.4 Å². The Balaban J connectivity index is 1.52. The third-order valence-electron chi connectivity index (χ3n) is 6.36. The first-order valence-corrected chi connectivity index (χ1v) is 10.7. The molecule has 8 heteroatoms. The number of benzene rings is 2.